The predicted molar refractivity (Wildman–Crippen MR) is 257 cm³/mol. The molecule has 0 spiro atoms. The van der Waals surface area contributed by atoms with Crippen LogP contribution in [0.2, 0.25) is 0 Å². The van der Waals surface area contributed by atoms with Gasteiger partial charge in [-0.3, -0.25) is 0 Å². The normalized spacial score (nSPS) is 12.9. The van der Waals surface area contributed by atoms with Crippen molar-refractivity contribution in [3.05, 3.63) is 217 Å². The van der Waals surface area contributed by atoms with Gasteiger partial charge in [-0.15, -0.1) is 0 Å². The maximum Gasteiger partial charge on any atom is 0.160 e. The number of hydrogen-bond donors (Lipinski definition) is 0. The number of aromatic nitrogens is 2. The lowest BCUT2D eigenvalue weighted by Crippen LogP contribution is -2.14. The van der Waals surface area contributed by atoms with Gasteiger partial charge in [-0.2, -0.15) is 0 Å². The molecule has 11 aromatic rings. The maximum absolute atomic E-state index is 5.32. The van der Waals surface area contributed by atoms with Crippen molar-refractivity contribution in [2.75, 3.05) is 0 Å². The standard InChI is InChI=1S/C59H40N2/c1-59(2)52-27-13-26-50(57(52)51-34-42-17-3-4-18-43(42)35-53(51)59)56-46-23-10-7-16-39(46)32-33-47(56)40-28-30-41(31-29-40)58-60-54(48-24-11-19-37-14-5-8-21-44(37)48)36-55(61-58)49-25-12-20-38-15-6-9-22-45(38)49/h3-36H,1-2H3. The van der Waals surface area contributed by atoms with Crippen LogP contribution < -0.4 is 0 Å². The first-order valence-corrected chi connectivity index (χ1v) is 21.1. The smallest absolute Gasteiger partial charge is 0.160 e. The van der Waals surface area contributed by atoms with E-state index in [2.05, 4.69) is 220 Å². The molecule has 0 saturated heterocycles. The fourth-order valence-corrected chi connectivity index (χ4v) is 10.0. The van der Waals surface area contributed by atoms with E-state index >= 15 is 0 Å². The molecule has 0 bridgehead atoms. The van der Waals surface area contributed by atoms with Crippen LogP contribution in [0.15, 0.2) is 206 Å². The van der Waals surface area contributed by atoms with E-state index in [1.807, 2.05) is 0 Å². The Labute approximate surface area is 355 Å². The Balaban J connectivity index is 1.04. The van der Waals surface area contributed by atoms with Crippen molar-refractivity contribution in [3.8, 4) is 67.3 Å². The lowest BCUT2D eigenvalue weighted by molar-refractivity contribution is 0.661. The lowest BCUT2D eigenvalue weighted by atomic mass is 9.81. The van der Waals surface area contributed by atoms with Crippen LogP contribution in [0.5, 0.6) is 0 Å². The van der Waals surface area contributed by atoms with E-state index in [9.17, 15) is 0 Å². The summed E-state index contributed by atoms with van der Waals surface area (Å²) in [6.45, 7) is 4.75. The molecule has 0 fully saturated rings. The first-order valence-electron chi connectivity index (χ1n) is 21.1. The van der Waals surface area contributed by atoms with E-state index in [4.69, 9.17) is 9.97 Å². The minimum atomic E-state index is -0.136. The zero-order valence-corrected chi connectivity index (χ0v) is 34.0. The fraction of sp³-hybridized carbons (Fsp3) is 0.0508. The van der Waals surface area contributed by atoms with Crippen LogP contribution in [0.1, 0.15) is 25.0 Å². The summed E-state index contributed by atoms with van der Waals surface area (Å²) in [6.07, 6.45) is 0. The Kier molecular flexibility index (Phi) is 7.92. The number of nitrogens with zero attached hydrogens (tertiary/aromatic N) is 2. The van der Waals surface area contributed by atoms with Crippen molar-refractivity contribution >= 4 is 43.1 Å². The quantitative estimate of drug-likeness (QED) is 0.174. The van der Waals surface area contributed by atoms with Crippen LogP contribution in [0.25, 0.3) is 110 Å². The van der Waals surface area contributed by atoms with Gasteiger partial charge in [-0.1, -0.05) is 202 Å². The lowest BCUT2D eigenvalue weighted by Gasteiger charge is -2.22. The van der Waals surface area contributed by atoms with Crippen molar-refractivity contribution in [3.63, 3.8) is 0 Å². The average molecular weight is 777 g/mol. The van der Waals surface area contributed by atoms with Gasteiger partial charge in [0.1, 0.15) is 0 Å². The molecule has 12 rings (SSSR count). The van der Waals surface area contributed by atoms with Crippen LogP contribution in [-0.4, -0.2) is 9.97 Å². The van der Waals surface area contributed by atoms with Crippen LogP contribution in [-0.2, 0) is 5.41 Å². The fourth-order valence-electron chi connectivity index (χ4n) is 10.0. The van der Waals surface area contributed by atoms with E-state index in [-0.39, 0.29) is 5.41 Å². The molecule has 0 amide bonds. The second kappa shape index (κ2) is 13.7. The van der Waals surface area contributed by atoms with E-state index in [1.54, 1.807) is 0 Å². The maximum atomic E-state index is 5.32. The second-order valence-electron chi connectivity index (χ2n) is 16.9. The molecule has 0 N–H and O–H groups in total. The summed E-state index contributed by atoms with van der Waals surface area (Å²) in [6, 6.07) is 75.0. The van der Waals surface area contributed by atoms with E-state index in [0.717, 1.165) is 33.6 Å². The molecular weight excluding hydrogens is 737 g/mol. The third-order valence-electron chi connectivity index (χ3n) is 13.1. The summed E-state index contributed by atoms with van der Waals surface area (Å²) in [5.74, 6) is 0.700. The number of benzene rings is 10. The number of fused-ring (bicyclic) bond motifs is 7. The molecule has 1 aliphatic carbocycles. The molecule has 1 heterocycles. The summed E-state index contributed by atoms with van der Waals surface area (Å²) in [5.41, 5.74) is 15.1. The molecule has 0 atom stereocenters. The highest BCUT2D eigenvalue weighted by Crippen LogP contribution is 2.55. The Bertz CT molecular complexity index is 3450. The summed E-state index contributed by atoms with van der Waals surface area (Å²) in [5, 5.41) is 9.74. The summed E-state index contributed by atoms with van der Waals surface area (Å²) in [7, 11) is 0. The molecule has 10 aromatic carbocycles. The highest BCUT2D eigenvalue weighted by molar-refractivity contribution is 6.10. The average Bonchev–Trinajstić information content (AvgIpc) is 3.54. The molecule has 2 nitrogen and oxygen atoms in total. The van der Waals surface area contributed by atoms with Gasteiger partial charge < -0.3 is 0 Å². The monoisotopic (exact) mass is 776 g/mol. The van der Waals surface area contributed by atoms with Gasteiger partial charge >= 0.3 is 0 Å². The van der Waals surface area contributed by atoms with Gasteiger partial charge in [0, 0.05) is 22.1 Å². The molecular formula is C59H40N2. The van der Waals surface area contributed by atoms with Gasteiger partial charge in [0.2, 0.25) is 0 Å². The van der Waals surface area contributed by atoms with Gasteiger partial charge in [-0.05, 0) is 106 Å². The van der Waals surface area contributed by atoms with Crippen molar-refractivity contribution in [1.82, 2.24) is 9.97 Å². The van der Waals surface area contributed by atoms with E-state index in [0.29, 0.717) is 5.82 Å². The minimum Gasteiger partial charge on any atom is -0.228 e. The zero-order valence-electron chi connectivity index (χ0n) is 34.0. The van der Waals surface area contributed by atoms with Crippen molar-refractivity contribution in [1.29, 1.82) is 0 Å². The SMILES string of the molecule is CC1(C)c2cc3ccccc3cc2-c2c(-c3c(-c4ccc(-c5nc(-c6cccc7ccccc67)cc(-c6cccc7ccccc67)n5)cc4)ccc4ccccc34)cccc21. The third-order valence-corrected chi connectivity index (χ3v) is 13.1. The summed E-state index contributed by atoms with van der Waals surface area (Å²) >= 11 is 0. The molecule has 0 aliphatic heterocycles. The number of rotatable bonds is 5. The Morgan fingerprint density at radius 3 is 1.44 bits per heavy atom. The second-order valence-corrected chi connectivity index (χ2v) is 16.9. The molecule has 286 valence electrons. The molecule has 1 aliphatic rings. The van der Waals surface area contributed by atoms with Crippen LogP contribution in [0.3, 0.4) is 0 Å². The summed E-state index contributed by atoms with van der Waals surface area (Å²) in [4.78, 5) is 10.6. The van der Waals surface area contributed by atoms with Crippen LogP contribution >= 0.6 is 0 Å². The topological polar surface area (TPSA) is 25.8 Å². The molecule has 1 aromatic heterocycles. The molecule has 2 heteroatoms. The van der Waals surface area contributed by atoms with E-state index < -0.39 is 0 Å². The predicted octanol–water partition coefficient (Wildman–Crippen LogP) is 15.7. The first kappa shape index (κ1) is 35.3. The highest BCUT2D eigenvalue weighted by atomic mass is 14.9. The molecule has 61 heavy (non-hydrogen) atoms. The largest absolute Gasteiger partial charge is 0.228 e. The molecule has 0 radical (unpaired) electrons. The molecule has 0 saturated carbocycles. The van der Waals surface area contributed by atoms with Crippen LogP contribution in [0, 0.1) is 0 Å². The zero-order chi connectivity index (χ0) is 40.7. The molecule has 0 unspecified atom stereocenters. The van der Waals surface area contributed by atoms with Gasteiger partial charge in [0.25, 0.3) is 0 Å². The minimum absolute atomic E-state index is 0.136. The van der Waals surface area contributed by atoms with Gasteiger partial charge in [0.05, 0.1) is 11.4 Å². The first-order chi connectivity index (χ1) is 30.0. The van der Waals surface area contributed by atoms with E-state index in [1.165, 1.54) is 82.0 Å². The van der Waals surface area contributed by atoms with Crippen molar-refractivity contribution in [2.45, 2.75) is 19.3 Å². The number of hydrogen-bond acceptors (Lipinski definition) is 2. The Morgan fingerprint density at radius 1 is 0.311 bits per heavy atom. The van der Waals surface area contributed by atoms with Crippen molar-refractivity contribution in [2.24, 2.45) is 0 Å². The Morgan fingerprint density at radius 2 is 0.803 bits per heavy atom. The van der Waals surface area contributed by atoms with Crippen LogP contribution in [0.4, 0.5) is 0 Å². The highest BCUT2D eigenvalue weighted by Gasteiger charge is 2.37. The third kappa shape index (κ3) is 5.64. The van der Waals surface area contributed by atoms with Crippen molar-refractivity contribution < 1.29 is 0 Å². The summed E-state index contributed by atoms with van der Waals surface area (Å²) < 4.78 is 0. The van der Waals surface area contributed by atoms with Gasteiger partial charge in [-0.25, -0.2) is 9.97 Å². The Hall–Kier alpha value is -7.68. The van der Waals surface area contributed by atoms with Gasteiger partial charge in [0.15, 0.2) is 5.82 Å².